The molecule has 9 nitrogen and oxygen atoms in total. The van der Waals surface area contributed by atoms with Gasteiger partial charge in [0.05, 0.1) is 36.2 Å². The van der Waals surface area contributed by atoms with Crippen molar-refractivity contribution in [3.8, 4) is 11.3 Å². The van der Waals surface area contributed by atoms with Crippen molar-refractivity contribution in [3.63, 3.8) is 0 Å². The first-order chi connectivity index (χ1) is 18.6. The number of nitrogens with two attached hydrogens (primary N) is 1. The summed E-state index contributed by atoms with van der Waals surface area (Å²) in [7, 11) is 0. The molecule has 208 valence electrons. The second kappa shape index (κ2) is 12.7. The van der Waals surface area contributed by atoms with Crippen LogP contribution in [0.4, 0.5) is 4.79 Å². The van der Waals surface area contributed by atoms with E-state index in [1.807, 2.05) is 31.7 Å². The summed E-state index contributed by atoms with van der Waals surface area (Å²) in [5.74, 6) is -0.581. The smallest absolute Gasteiger partial charge is 0.410 e. The summed E-state index contributed by atoms with van der Waals surface area (Å²) >= 11 is 1.57. The topological polar surface area (TPSA) is 128 Å². The average Bonchev–Trinajstić information content (AvgIpc) is 3.44. The number of aliphatic hydroxyl groups is 1. The predicted molar refractivity (Wildman–Crippen MR) is 150 cm³/mol. The highest BCUT2D eigenvalue weighted by atomic mass is 32.1. The third-order valence-electron chi connectivity index (χ3n) is 6.39. The summed E-state index contributed by atoms with van der Waals surface area (Å²) in [6.07, 6.45) is 2.66. The van der Waals surface area contributed by atoms with Crippen molar-refractivity contribution in [2.75, 3.05) is 19.8 Å². The van der Waals surface area contributed by atoms with E-state index in [0.29, 0.717) is 38.2 Å². The van der Waals surface area contributed by atoms with Crippen LogP contribution in [0.5, 0.6) is 0 Å². The Morgan fingerprint density at radius 2 is 2.03 bits per heavy atom. The second-order valence-corrected chi connectivity index (χ2v) is 11.4. The summed E-state index contributed by atoms with van der Waals surface area (Å²) in [5.41, 5.74) is 12.9. The molecule has 1 fully saturated rings. The zero-order valence-corrected chi connectivity index (χ0v) is 23.5. The van der Waals surface area contributed by atoms with E-state index in [-0.39, 0.29) is 17.9 Å². The van der Waals surface area contributed by atoms with Crippen LogP contribution in [0.1, 0.15) is 66.5 Å². The van der Waals surface area contributed by atoms with Gasteiger partial charge in [-0.3, -0.25) is 4.79 Å². The molecule has 0 radical (unpaired) electrons. The molecule has 39 heavy (non-hydrogen) atoms. The van der Waals surface area contributed by atoms with Crippen molar-refractivity contribution in [2.24, 2.45) is 5.73 Å². The first kappa shape index (κ1) is 28.7. The van der Waals surface area contributed by atoms with Crippen LogP contribution in [0.2, 0.25) is 0 Å². The minimum Gasteiger partial charge on any atom is -0.444 e. The van der Waals surface area contributed by atoms with Crippen LogP contribution in [-0.2, 0) is 28.9 Å². The molecular weight excluding hydrogens is 516 g/mol. The summed E-state index contributed by atoms with van der Waals surface area (Å²) < 4.78 is 10.4. The molecule has 2 aliphatic heterocycles. The Kier molecular flexibility index (Phi) is 9.32. The van der Waals surface area contributed by atoms with Crippen LogP contribution < -0.4 is 5.73 Å². The highest BCUT2D eigenvalue weighted by Crippen LogP contribution is 2.27. The molecule has 5 rings (SSSR count). The zero-order valence-electron chi connectivity index (χ0n) is 22.7. The average molecular weight is 553 g/mol. The van der Waals surface area contributed by atoms with E-state index in [4.69, 9.17) is 20.3 Å². The number of amides is 2. The van der Waals surface area contributed by atoms with Crippen molar-refractivity contribution in [2.45, 2.75) is 64.7 Å². The Morgan fingerprint density at radius 3 is 2.59 bits per heavy atom. The molecule has 0 bridgehead atoms. The molecule has 0 aliphatic carbocycles. The number of primary amides is 1. The molecule has 2 aliphatic rings. The highest BCUT2D eigenvalue weighted by molar-refractivity contribution is 7.07. The van der Waals surface area contributed by atoms with Gasteiger partial charge in [-0.15, -0.1) is 11.3 Å². The van der Waals surface area contributed by atoms with Gasteiger partial charge < -0.3 is 25.2 Å². The molecule has 3 aromatic rings. The molecule has 0 saturated carbocycles. The summed E-state index contributed by atoms with van der Waals surface area (Å²) in [5, 5.41) is 10.8. The number of aromatic nitrogens is 2. The number of thiazole rings is 1. The molecule has 1 atom stereocenters. The largest absolute Gasteiger partial charge is 0.444 e. The minimum absolute atomic E-state index is 0.186. The van der Waals surface area contributed by atoms with Crippen LogP contribution in [0.25, 0.3) is 11.3 Å². The standard InChI is InChI=1S/C24H26N4O3S.C5H10O2/c1-24(2,3)31-23(30)28-9-8-18-17(11-19(22(25)29)27-20(18)12-28)10-15-4-6-16(7-5-15)21-13-32-14-26-21;6-5-2-1-3-7-4-5/h4-7,11,13-14H,8-10,12H2,1-3H3,(H2,25,29);5-6H,1-4H2. The van der Waals surface area contributed by atoms with E-state index in [2.05, 4.69) is 34.2 Å². The van der Waals surface area contributed by atoms with Gasteiger partial charge in [0.1, 0.15) is 11.3 Å². The molecule has 1 aromatic carbocycles. The first-order valence-electron chi connectivity index (χ1n) is 13.1. The summed E-state index contributed by atoms with van der Waals surface area (Å²) in [6, 6.07) is 10.0. The maximum atomic E-state index is 12.5. The Bertz CT molecular complexity index is 1270. The Labute approximate surface area is 233 Å². The fourth-order valence-electron chi connectivity index (χ4n) is 4.48. The van der Waals surface area contributed by atoms with Gasteiger partial charge in [-0.05, 0) is 69.2 Å². The number of aliphatic hydroxyl groups excluding tert-OH is 1. The number of ether oxygens (including phenoxy) is 2. The molecule has 1 unspecified atom stereocenters. The predicted octanol–water partition coefficient (Wildman–Crippen LogP) is 4.35. The maximum absolute atomic E-state index is 12.5. The highest BCUT2D eigenvalue weighted by Gasteiger charge is 2.28. The van der Waals surface area contributed by atoms with Gasteiger partial charge in [0.15, 0.2) is 0 Å². The first-order valence-corrected chi connectivity index (χ1v) is 14.1. The lowest BCUT2D eigenvalue weighted by Gasteiger charge is -2.31. The van der Waals surface area contributed by atoms with Crippen molar-refractivity contribution in [3.05, 3.63) is 69.3 Å². The van der Waals surface area contributed by atoms with E-state index in [9.17, 15) is 9.59 Å². The van der Waals surface area contributed by atoms with Crippen molar-refractivity contribution in [1.82, 2.24) is 14.9 Å². The Balaban J connectivity index is 0.000000438. The summed E-state index contributed by atoms with van der Waals surface area (Å²) in [6.45, 7) is 7.71. The van der Waals surface area contributed by atoms with Crippen LogP contribution in [-0.4, -0.2) is 63.4 Å². The molecule has 10 heteroatoms. The number of carbonyl (C=O) groups excluding carboxylic acids is 2. The van der Waals surface area contributed by atoms with Crippen molar-refractivity contribution >= 4 is 23.3 Å². The van der Waals surface area contributed by atoms with Gasteiger partial charge in [0, 0.05) is 24.1 Å². The van der Waals surface area contributed by atoms with Gasteiger partial charge >= 0.3 is 6.09 Å². The molecule has 2 amide bonds. The molecule has 0 spiro atoms. The van der Waals surface area contributed by atoms with E-state index >= 15 is 0 Å². The number of rotatable bonds is 4. The molecule has 4 heterocycles. The lowest BCUT2D eigenvalue weighted by atomic mass is 9.93. The van der Waals surface area contributed by atoms with E-state index < -0.39 is 11.5 Å². The number of nitrogens with zero attached hydrogens (tertiary/aromatic N) is 3. The van der Waals surface area contributed by atoms with Gasteiger partial charge in [0.25, 0.3) is 5.91 Å². The molecule has 1 saturated heterocycles. The van der Waals surface area contributed by atoms with E-state index in [1.54, 1.807) is 22.3 Å². The zero-order chi connectivity index (χ0) is 28.0. The third kappa shape index (κ3) is 8.08. The fraction of sp³-hybridized carbons (Fsp3) is 0.448. The number of fused-ring (bicyclic) bond motifs is 1. The lowest BCUT2D eigenvalue weighted by molar-refractivity contribution is -0.00535. The number of pyridine rings is 1. The second-order valence-electron chi connectivity index (χ2n) is 10.7. The lowest BCUT2D eigenvalue weighted by Crippen LogP contribution is -2.40. The fourth-order valence-corrected chi connectivity index (χ4v) is 5.04. The summed E-state index contributed by atoms with van der Waals surface area (Å²) in [4.78, 5) is 34.9. The molecular formula is C29H36N4O5S. The van der Waals surface area contributed by atoms with Gasteiger partial charge in [-0.25, -0.2) is 14.8 Å². The quantitative estimate of drug-likeness (QED) is 0.493. The van der Waals surface area contributed by atoms with Crippen molar-refractivity contribution < 1.29 is 24.2 Å². The van der Waals surface area contributed by atoms with Gasteiger partial charge in [-0.1, -0.05) is 24.3 Å². The van der Waals surface area contributed by atoms with E-state index in [1.165, 1.54) is 0 Å². The molecule has 3 N–H and O–H groups in total. The number of carbonyl (C=O) groups is 2. The van der Waals surface area contributed by atoms with Gasteiger partial charge in [0.2, 0.25) is 0 Å². The van der Waals surface area contributed by atoms with Crippen LogP contribution >= 0.6 is 11.3 Å². The number of hydrogen-bond donors (Lipinski definition) is 2. The van der Waals surface area contributed by atoms with Crippen LogP contribution in [0, 0.1) is 0 Å². The third-order valence-corrected chi connectivity index (χ3v) is 6.98. The maximum Gasteiger partial charge on any atom is 0.410 e. The monoisotopic (exact) mass is 552 g/mol. The minimum atomic E-state index is -0.581. The van der Waals surface area contributed by atoms with E-state index in [0.717, 1.165) is 47.4 Å². The number of hydrogen-bond acceptors (Lipinski definition) is 8. The van der Waals surface area contributed by atoms with Crippen LogP contribution in [0.15, 0.2) is 41.2 Å². The van der Waals surface area contributed by atoms with Crippen LogP contribution in [0.3, 0.4) is 0 Å². The number of benzene rings is 1. The molecule has 2 aromatic heterocycles. The Morgan fingerprint density at radius 1 is 1.26 bits per heavy atom. The van der Waals surface area contributed by atoms with Gasteiger partial charge in [-0.2, -0.15) is 0 Å². The normalized spacial score (nSPS) is 17.0. The van der Waals surface area contributed by atoms with Crippen molar-refractivity contribution in [1.29, 1.82) is 0 Å². The Hall–Kier alpha value is -3.34. The SMILES string of the molecule is CC(C)(C)OC(=O)N1CCc2c(Cc3ccc(-c4cscn4)cc3)cc(C(N)=O)nc2C1.OC1CCCOC1.